The fourth-order valence-electron chi connectivity index (χ4n) is 2.58. The number of thioether (sulfide) groups is 1. The number of nitrogens with one attached hydrogen (secondary N) is 1. The van der Waals surface area contributed by atoms with Crippen molar-refractivity contribution in [3.63, 3.8) is 0 Å². The van der Waals surface area contributed by atoms with Crippen LogP contribution in [0.5, 0.6) is 0 Å². The second-order valence-electron chi connectivity index (χ2n) is 5.46. The monoisotopic (exact) mass is 265 g/mol. The quantitative estimate of drug-likeness (QED) is 0.596. The van der Waals surface area contributed by atoms with Crippen LogP contribution >= 0.6 is 11.8 Å². The highest BCUT2D eigenvalue weighted by Gasteiger charge is 2.40. The molecule has 0 aromatic heterocycles. The predicted molar refractivity (Wildman–Crippen MR) is 74.4 cm³/mol. The molecule has 2 fully saturated rings. The summed E-state index contributed by atoms with van der Waals surface area (Å²) < 4.78 is 13.0. The molecule has 1 nitrogen and oxygen atoms in total. The summed E-state index contributed by atoms with van der Waals surface area (Å²) in [4.78, 5) is 1.03. The Morgan fingerprint density at radius 2 is 1.94 bits per heavy atom. The van der Waals surface area contributed by atoms with Crippen molar-refractivity contribution in [3.8, 4) is 0 Å². The van der Waals surface area contributed by atoms with Crippen molar-refractivity contribution in [2.45, 2.75) is 36.6 Å². The van der Waals surface area contributed by atoms with Crippen LogP contribution in [0, 0.1) is 17.7 Å². The lowest BCUT2D eigenvalue weighted by atomic mass is 10.1. The average Bonchev–Trinajstić information content (AvgIpc) is 3.23. The normalized spacial score (nSPS) is 19.4. The lowest BCUT2D eigenvalue weighted by Crippen LogP contribution is -2.34. The molecule has 1 N–H and O–H groups in total. The Labute approximate surface area is 113 Å². The summed E-state index contributed by atoms with van der Waals surface area (Å²) in [7, 11) is 0. The molecule has 1 aromatic carbocycles. The van der Waals surface area contributed by atoms with Crippen LogP contribution in [-0.4, -0.2) is 18.3 Å². The van der Waals surface area contributed by atoms with Gasteiger partial charge in [0.1, 0.15) is 5.82 Å². The molecule has 2 aliphatic carbocycles. The Hall–Kier alpha value is -0.540. The van der Waals surface area contributed by atoms with Crippen LogP contribution in [0.15, 0.2) is 29.2 Å². The van der Waals surface area contributed by atoms with Crippen molar-refractivity contribution in [2.75, 3.05) is 12.3 Å². The summed E-state index contributed by atoms with van der Waals surface area (Å²) in [5.41, 5.74) is 0. The summed E-state index contributed by atoms with van der Waals surface area (Å²) in [6, 6.07) is 7.65. The molecule has 0 atom stereocenters. The maximum atomic E-state index is 13.0. The standard InChI is InChI=1S/C15H20FNS/c16-13-2-1-3-14(10-13)18-9-8-17-15(11-4-5-11)12-6-7-12/h1-3,10-12,15,17H,4-9H2. The Balaban J connectivity index is 1.39. The molecule has 0 radical (unpaired) electrons. The van der Waals surface area contributed by atoms with E-state index in [1.807, 2.05) is 6.07 Å². The second kappa shape index (κ2) is 5.62. The van der Waals surface area contributed by atoms with Crippen LogP contribution in [0.1, 0.15) is 25.7 Å². The van der Waals surface area contributed by atoms with E-state index in [1.54, 1.807) is 23.9 Å². The zero-order valence-corrected chi connectivity index (χ0v) is 11.4. The maximum absolute atomic E-state index is 13.0. The molecule has 3 heteroatoms. The molecule has 0 heterocycles. The van der Waals surface area contributed by atoms with Crippen LogP contribution in [0.4, 0.5) is 4.39 Å². The number of halogens is 1. The van der Waals surface area contributed by atoms with Gasteiger partial charge in [0, 0.05) is 23.2 Å². The van der Waals surface area contributed by atoms with Gasteiger partial charge < -0.3 is 5.32 Å². The van der Waals surface area contributed by atoms with Gasteiger partial charge in [0.05, 0.1) is 0 Å². The zero-order valence-electron chi connectivity index (χ0n) is 10.6. The van der Waals surface area contributed by atoms with E-state index >= 15 is 0 Å². The first kappa shape index (κ1) is 12.5. The number of benzene rings is 1. The van der Waals surface area contributed by atoms with Crippen molar-refractivity contribution in [3.05, 3.63) is 30.1 Å². The first-order chi connectivity index (χ1) is 8.83. The van der Waals surface area contributed by atoms with Gasteiger partial charge in [-0.1, -0.05) is 6.07 Å². The third-order valence-corrected chi connectivity index (χ3v) is 4.80. The van der Waals surface area contributed by atoms with Crippen molar-refractivity contribution in [2.24, 2.45) is 11.8 Å². The molecular formula is C15H20FNS. The van der Waals surface area contributed by atoms with Gasteiger partial charge >= 0.3 is 0 Å². The molecule has 3 rings (SSSR count). The lowest BCUT2D eigenvalue weighted by Gasteiger charge is -2.17. The smallest absolute Gasteiger partial charge is 0.124 e. The van der Waals surface area contributed by atoms with Crippen LogP contribution in [0.2, 0.25) is 0 Å². The highest BCUT2D eigenvalue weighted by atomic mass is 32.2. The molecule has 0 amide bonds. The lowest BCUT2D eigenvalue weighted by molar-refractivity contribution is 0.429. The molecule has 1 aromatic rings. The fraction of sp³-hybridized carbons (Fsp3) is 0.600. The molecule has 98 valence electrons. The van der Waals surface area contributed by atoms with Crippen molar-refractivity contribution < 1.29 is 4.39 Å². The van der Waals surface area contributed by atoms with E-state index in [1.165, 1.54) is 31.7 Å². The van der Waals surface area contributed by atoms with E-state index in [0.717, 1.165) is 35.1 Å². The van der Waals surface area contributed by atoms with Gasteiger partial charge in [-0.3, -0.25) is 0 Å². The number of rotatable bonds is 7. The van der Waals surface area contributed by atoms with Crippen LogP contribution in [-0.2, 0) is 0 Å². The Bertz CT molecular complexity index is 389. The van der Waals surface area contributed by atoms with Crippen molar-refractivity contribution in [1.29, 1.82) is 0 Å². The summed E-state index contributed by atoms with van der Waals surface area (Å²) in [6.45, 7) is 1.04. The maximum Gasteiger partial charge on any atom is 0.124 e. The Morgan fingerprint density at radius 1 is 1.22 bits per heavy atom. The first-order valence-electron chi connectivity index (χ1n) is 6.95. The Morgan fingerprint density at radius 3 is 2.56 bits per heavy atom. The van der Waals surface area contributed by atoms with Gasteiger partial charge in [-0.25, -0.2) is 4.39 Å². The molecular weight excluding hydrogens is 245 g/mol. The Kier molecular flexibility index (Phi) is 3.90. The molecule has 0 bridgehead atoms. The van der Waals surface area contributed by atoms with Crippen molar-refractivity contribution in [1.82, 2.24) is 5.32 Å². The van der Waals surface area contributed by atoms with E-state index in [9.17, 15) is 4.39 Å². The highest BCUT2D eigenvalue weighted by Crippen LogP contribution is 2.44. The fourth-order valence-corrected chi connectivity index (χ4v) is 3.41. The zero-order chi connectivity index (χ0) is 12.4. The predicted octanol–water partition coefficient (Wildman–Crippen LogP) is 3.70. The second-order valence-corrected chi connectivity index (χ2v) is 6.63. The summed E-state index contributed by atoms with van der Waals surface area (Å²) in [5, 5.41) is 3.71. The summed E-state index contributed by atoms with van der Waals surface area (Å²) in [6.07, 6.45) is 5.69. The SMILES string of the molecule is Fc1cccc(SCCNC(C2CC2)C2CC2)c1. The minimum absolute atomic E-state index is 0.137. The summed E-state index contributed by atoms with van der Waals surface area (Å²) in [5.74, 6) is 2.80. The summed E-state index contributed by atoms with van der Waals surface area (Å²) >= 11 is 1.74. The molecule has 2 saturated carbocycles. The van der Waals surface area contributed by atoms with E-state index in [0.29, 0.717) is 0 Å². The van der Waals surface area contributed by atoms with E-state index in [4.69, 9.17) is 0 Å². The van der Waals surface area contributed by atoms with Crippen molar-refractivity contribution >= 4 is 11.8 Å². The molecule has 2 aliphatic rings. The number of hydrogen-bond acceptors (Lipinski definition) is 2. The largest absolute Gasteiger partial charge is 0.313 e. The van der Waals surface area contributed by atoms with Gasteiger partial charge in [0.25, 0.3) is 0 Å². The van der Waals surface area contributed by atoms with Crippen LogP contribution in [0.3, 0.4) is 0 Å². The third-order valence-electron chi connectivity index (χ3n) is 3.81. The van der Waals surface area contributed by atoms with Gasteiger partial charge in [0.15, 0.2) is 0 Å². The van der Waals surface area contributed by atoms with Crippen LogP contribution in [0.25, 0.3) is 0 Å². The minimum Gasteiger partial charge on any atom is -0.313 e. The van der Waals surface area contributed by atoms with Gasteiger partial charge in [-0.15, -0.1) is 11.8 Å². The molecule has 0 saturated heterocycles. The first-order valence-corrected chi connectivity index (χ1v) is 7.93. The van der Waals surface area contributed by atoms with E-state index < -0.39 is 0 Å². The van der Waals surface area contributed by atoms with Crippen LogP contribution < -0.4 is 5.32 Å². The van der Waals surface area contributed by atoms with Gasteiger partial charge in [0.2, 0.25) is 0 Å². The molecule has 0 unspecified atom stereocenters. The highest BCUT2D eigenvalue weighted by molar-refractivity contribution is 7.99. The van der Waals surface area contributed by atoms with E-state index in [2.05, 4.69) is 5.32 Å². The number of hydrogen-bond donors (Lipinski definition) is 1. The van der Waals surface area contributed by atoms with Gasteiger partial charge in [-0.2, -0.15) is 0 Å². The molecule has 0 spiro atoms. The van der Waals surface area contributed by atoms with Gasteiger partial charge in [-0.05, 0) is 55.7 Å². The van der Waals surface area contributed by atoms with E-state index in [-0.39, 0.29) is 5.82 Å². The molecule has 0 aliphatic heterocycles. The third kappa shape index (κ3) is 3.48. The topological polar surface area (TPSA) is 12.0 Å². The minimum atomic E-state index is -0.137. The average molecular weight is 265 g/mol. The molecule has 18 heavy (non-hydrogen) atoms.